The Kier molecular flexibility index (Phi) is 4.85. The lowest BCUT2D eigenvalue weighted by molar-refractivity contribution is -0.911. The Bertz CT molecular complexity index is 292. The van der Waals surface area contributed by atoms with Gasteiger partial charge in [-0.2, -0.15) is 10.5 Å². The van der Waals surface area contributed by atoms with Crippen molar-refractivity contribution in [2.75, 3.05) is 0 Å². The average Bonchev–Trinajstić information content (AvgIpc) is 2.16. The molecule has 0 N–H and O–H groups in total. The van der Waals surface area contributed by atoms with E-state index in [1.807, 2.05) is 12.1 Å². The Morgan fingerprint density at radius 2 is 1.38 bits per heavy atom. The Morgan fingerprint density at radius 1 is 1.06 bits per heavy atom. The van der Waals surface area contributed by atoms with E-state index >= 15 is 0 Å². The molecule has 5 nitrogen and oxygen atoms in total. The van der Waals surface area contributed by atoms with E-state index in [1.165, 1.54) is 6.92 Å². The third-order valence-corrected chi connectivity index (χ3v) is 4.86. The zero-order valence-electron chi connectivity index (χ0n) is 10.3. The van der Waals surface area contributed by atoms with Gasteiger partial charge in [0.05, 0.1) is 12.1 Å². The summed E-state index contributed by atoms with van der Waals surface area (Å²) in [6.07, 6.45) is 0. The molecule has 0 amide bonds. The summed E-state index contributed by atoms with van der Waals surface area (Å²) in [5.41, 5.74) is -1.59. The van der Waals surface area contributed by atoms with Crippen LogP contribution in [0.2, 0.25) is 0 Å². The fraction of sp³-hybridized carbons (Fsp3) is 0.800. The fourth-order valence-corrected chi connectivity index (χ4v) is 3.52. The van der Waals surface area contributed by atoms with E-state index in [-0.39, 0.29) is 12.1 Å². The molecule has 0 aliphatic rings. The number of hydrogen-bond donors (Lipinski definition) is 0. The van der Waals surface area contributed by atoms with Gasteiger partial charge in [0.25, 0.3) is 5.54 Å². The summed E-state index contributed by atoms with van der Waals surface area (Å²) >= 11 is 0. The van der Waals surface area contributed by atoms with Crippen LogP contribution in [0.15, 0.2) is 0 Å². The van der Waals surface area contributed by atoms with Gasteiger partial charge in [-0.25, -0.2) is 0 Å². The van der Waals surface area contributed by atoms with Crippen LogP contribution in [-0.2, 0) is 0 Å². The van der Waals surface area contributed by atoms with E-state index in [4.69, 9.17) is 10.5 Å². The molecule has 0 atom stereocenters. The first-order chi connectivity index (χ1) is 7.20. The lowest BCUT2D eigenvalue weighted by atomic mass is 9.99. The van der Waals surface area contributed by atoms with E-state index < -0.39 is 18.3 Å². The van der Waals surface area contributed by atoms with Gasteiger partial charge in [0.2, 0.25) is 0 Å². The fourth-order valence-electron chi connectivity index (χ4n) is 2.35. The second-order valence-electron chi connectivity index (χ2n) is 4.46. The predicted octanol–water partition coefficient (Wildman–Crippen LogP) is 0.373. The summed E-state index contributed by atoms with van der Waals surface area (Å²) in [5, 5.41) is 18.2. The van der Waals surface area contributed by atoms with Crippen molar-refractivity contribution in [2.45, 2.75) is 52.2 Å². The first kappa shape index (κ1) is 15.3. The van der Waals surface area contributed by atoms with Crippen molar-refractivity contribution in [3.05, 3.63) is 0 Å². The van der Waals surface area contributed by atoms with Gasteiger partial charge in [-0.1, -0.05) is 8.53 Å². The molecular formula is C10H17N3O2P-. The molecule has 6 heteroatoms. The molecule has 0 heterocycles. The molecular weight excluding hydrogens is 225 g/mol. The number of quaternary nitrogens is 1. The van der Waals surface area contributed by atoms with Crippen molar-refractivity contribution >= 4 is 8.53 Å². The normalized spacial score (nSPS) is 13.0. The zero-order chi connectivity index (χ0) is 13.1. The number of hydrogen-bond acceptors (Lipinski definition) is 4. The summed E-state index contributed by atoms with van der Waals surface area (Å²) in [4.78, 5) is 23.2. The maximum atomic E-state index is 11.6. The summed E-state index contributed by atoms with van der Waals surface area (Å²) in [6.45, 7) is 8.20. The minimum absolute atomic E-state index is 0.356. The highest BCUT2D eigenvalue weighted by molar-refractivity contribution is 7.35. The van der Waals surface area contributed by atoms with Crippen LogP contribution in [0, 0.1) is 22.7 Å². The lowest BCUT2D eigenvalue weighted by Crippen LogP contribution is -2.68. The minimum atomic E-state index is -2.93. The van der Waals surface area contributed by atoms with E-state index in [1.54, 1.807) is 27.7 Å². The molecule has 0 saturated heterocycles. The SMILES string of the molecule is CC(C)[N+](C(C)C)(P([O-])[O-])C(C)(C#N)C#N. The van der Waals surface area contributed by atoms with Crippen LogP contribution in [0.25, 0.3) is 0 Å². The molecule has 0 radical (unpaired) electrons. The predicted molar refractivity (Wildman–Crippen MR) is 57.1 cm³/mol. The van der Waals surface area contributed by atoms with Crippen LogP contribution < -0.4 is 9.79 Å². The first-order valence-corrected chi connectivity index (χ1v) is 6.19. The quantitative estimate of drug-likeness (QED) is 0.666. The smallest absolute Gasteiger partial charge is 0.269 e. The van der Waals surface area contributed by atoms with Crippen LogP contribution in [0.5, 0.6) is 0 Å². The van der Waals surface area contributed by atoms with E-state index in [2.05, 4.69) is 0 Å². The standard InChI is InChI=1S/C10H17N3O2P/c1-8(2)13(9(3)4,16(14)15)10(5,6-11)7-12/h8-9H,1-5H3/q-1. The number of rotatable bonds is 4. The van der Waals surface area contributed by atoms with Crippen molar-refractivity contribution < 1.29 is 14.0 Å². The summed E-state index contributed by atoms with van der Waals surface area (Å²) < 4.78 is -0.532. The van der Waals surface area contributed by atoms with Crippen molar-refractivity contribution in [3.63, 3.8) is 0 Å². The van der Waals surface area contributed by atoms with Crippen LogP contribution in [0.1, 0.15) is 34.6 Å². The minimum Gasteiger partial charge on any atom is -0.794 e. The number of nitriles is 2. The summed E-state index contributed by atoms with van der Waals surface area (Å²) in [5.74, 6) is 0. The second kappa shape index (κ2) is 5.08. The Balaban J connectivity index is 5.95. The van der Waals surface area contributed by atoms with Crippen LogP contribution >= 0.6 is 8.53 Å². The largest absolute Gasteiger partial charge is 0.794 e. The molecule has 0 saturated carbocycles. The van der Waals surface area contributed by atoms with Crippen LogP contribution in [-0.4, -0.2) is 21.9 Å². The molecule has 0 fully saturated rings. The van der Waals surface area contributed by atoms with Crippen molar-refractivity contribution in [1.82, 2.24) is 0 Å². The zero-order valence-corrected chi connectivity index (χ0v) is 11.2. The monoisotopic (exact) mass is 242 g/mol. The van der Waals surface area contributed by atoms with Gasteiger partial charge >= 0.3 is 0 Å². The van der Waals surface area contributed by atoms with Crippen molar-refractivity contribution in [3.8, 4) is 12.1 Å². The van der Waals surface area contributed by atoms with Crippen LogP contribution in [0.4, 0.5) is 0 Å². The van der Waals surface area contributed by atoms with E-state index in [9.17, 15) is 9.79 Å². The molecule has 0 bridgehead atoms. The van der Waals surface area contributed by atoms with Gasteiger partial charge in [0.15, 0.2) is 0 Å². The summed E-state index contributed by atoms with van der Waals surface area (Å²) in [7, 11) is -2.93. The maximum Gasteiger partial charge on any atom is 0.269 e. The maximum absolute atomic E-state index is 11.6. The van der Waals surface area contributed by atoms with Gasteiger partial charge in [-0.3, -0.25) is 0 Å². The first-order valence-electron chi connectivity index (χ1n) is 5.06. The third-order valence-electron chi connectivity index (χ3n) is 3.00. The van der Waals surface area contributed by atoms with E-state index in [0.29, 0.717) is 0 Å². The molecule has 0 aromatic carbocycles. The average molecular weight is 242 g/mol. The van der Waals surface area contributed by atoms with Gasteiger partial charge in [0.1, 0.15) is 12.1 Å². The molecule has 16 heavy (non-hydrogen) atoms. The molecule has 0 spiro atoms. The molecule has 0 aromatic rings. The molecule has 0 rings (SSSR count). The topological polar surface area (TPSA) is 93.7 Å². The molecule has 0 unspecified atom stereocenters. The third kappa shape index (κ3) is 1.93. The highest BCUT2D eigenvalue weighted by atomic mass is 31.2. The van der Waals surface area contributed by atoms with Gasteiger partial charge in [-0.05, 0) is 27.7 Å². The Hall–Kier alpha value is -0.710. The van der Waals surface area contributed by atoms with E-state index in [0.717, 1.165) is 0 Å². The lowest BCUT2D eigenvalue weighted by Gasteiger charge is -2.61. The van der Waals surface area contributed by atoms with Crippen LogP contribution in [0.3, 0.4) is 0 Å². The Labute approximate surface area is 98.1 Å². The molecule has 90 valence electrons. The Morgan fingerprint density at radius 3 is 1.44 bits per heavy atom. The number of nitrogens with zero attached hydrogens (tertiary/aromatic N) is 3. The van der Waals surface area contributed by atoms with Gasteiger partial charge in [0, 0.05) is 6.92 Å². The van der Waals surface area contributed by atoms with Gasteiger partial charge in [-0.15, -0.1) is 0 Å². The molecule has 0 aliphatic heterocycles. The summed E-state index contributed by atoms with van der Waals surface area (Å²) in [6, 6.07) is 2.97. The van der Waals surface area contributed by atoms with Gasteiger partial charge < -0.3 is 14.0 Å². The highest BCUT2D eigenvalue weighted by Crippen LogP contribution is 2.47. The molecule has 0 aromatic heterocycles. The van der Waals surface area contributed by atoms with Crippen molar-refractivity contribution in [1.29, 1.82) is 10.5 Å². The molecule has 0 aliphatic carbocycles. The highest BCUT2D eigenvalue weighted by Gasteiger charge is 2.51. The van der Waals surface area contributed by atoms with Crippen molar-refractivity contribution in [2.24, 2.45) is 0 Å². The second-order valence-corrected chi connectivity index (χ2v) is 5.60.